The molecule has 0 rings (SSSR count). The summed E-state index contributed by atoms with van der Waals surface area (Å²) in [6.45, 7) is 4.58. The zero-order valence-electron chi connectivity index (χ0n) is 9.58. The maximum absolute atomic E-state index is 3.41. The van der Waals surface area contributed by atoms with E-state index >= 15 is 0 Å². The molecule has 0 amide bonds. The first kappa shape index (κ1) is 21.8. The monoisotopic (exact) mass is 382 g/mol. The van der Waals surface area contributed by atoms with Crippen LogP contribution in [-0.2, 0) is 0 Å². The fourth-order valence-corrected chi connectivity index (χ4v) is 1.63. The van der Waals surface area contributed by atoms with Crippen LogP contribution in [0.5, 0.6) is 0 Å². The highest BCUT2D eigenvalue weighted by atomic mass is 79.9. The molecule has 6 heteroatoms. The lowest BCUT2D eigenvalue weighted by molar-refractivity contribution is 0.623. The van der Waals surface area contributed by atoms with Gasteiger partial charge in [0.2, 0.25) is 0 Å². The highest BCUT2D eigenvalue weighted by Crippen LogP contribution is 1.88. The van der Waals surface area contributed by atoms with Gasteiger partial charge in [-0.25, -0.2) is 0 Å². The van der Waals surface area contributed by atoms with E-state index in [1.807, 2.05) is 23.5 Å². The van der Waals surface area contributed by atoms with Crippen molar-refractivity contribution in [3.8, 4) is 0 Å². The van der Waals surface area contributed by atoms with Crippen molar-refractivity contribution < 1.29 is 0 Å². The minimum absolute atomic E-state index is 0. The van der Waals surface area contributed by atoms with Crippen molar-refractivity contribution in [3.05, 3.63) is 0 Å². The average molecular weight is 384 g/mol. The molecule has 0 aromatic carbocycles. The minimum atomic E-state index is 0. The van der Waals surface area contributed by atoms with Crippen LogP contribution in [0.15, 0.2) is 0 Å². The number of nitrogens with one attached hydrogen (secondary N) is 2. The van der Waals surface area contributed by atoms with E-state index in [1.54, 1.807) is 0 Å². The van der Waals surface area contributed by atoms with Gasteiger partial charge in [0, 0.05) is 24.6 Å². The minimum Gasteiger partial charge on any atom is -0.316 e. The van der Waals surface area contributed by atoms with Crippen LogP contribution in [0.1, 0.15) is 6.42 Å². The molecule has 0 heterocycles. The van der Waals surface area contributed by atoms with Crippen LogP contribution in [0, 0.1) is 0 Å². The molecule has 0 atom stereocenters. The molecule has 15 heavy (non-hydrogen) atoms. The second kappa shape index (κ2) is 20.9. The Hall–Kier alpha value is 1.58. The van der Waals surface area contributed by atoms with Crippen LogP contribution in [0.4, 0.5) is 0 Å². The Morgan fingerprint density at radius 1 is 0.733 bits per heavy atom. The van der Waals surface area contributed by atoms with E-state index in [0.717, 1.165) is 26.2 Å². The van der Waals surface area contributed by atoms with Gasteiger partial charge >= 0.3 is 0 Å². The van der Waals surface area contributed by atoms with E-state index in [9.17, 15) is 0 Å². The van der Waals surface area contributed by atoms with E-state index in [2.05, 4.69) is 23.1 Å². The smallest absolute Gasteiger partial charge is 0.00553 e. The van der Waals surface area contributed by atoms with Crippen molar-refractivity contribution in [2.45, 2.75) is 6.42 Å². The summed E-state index contributed by atoms with van der Waals surface area (Å²) in [5, 5.41) is 6.82. The molecule has 0 fully saturated rings. The quantitative estimate of drug-likeness (QED) is 0.565. The van der Waals surface area contributed by atoms with Crippen LogP contribution < -0.4 is 10.6 Å². The third kappa shape index (κ3) is 21.4. The first-order chi connectivity index (χ1) is 6.41. The molecule has 0 aromatic rings. The summed E-state index contributed by atoms with van der Waals surface area (Å²) in [5.74, 6) is 2.44. The average Bonchev–Trinajstić information content (AvgIpc) is 2.16. The fraction of sp³-hybridized carbons (Fsp3) is 1.00. The maximum atomic E-state index is 3.41. The number of halogens is 2. The lowest BCUT2D eigenvalue weighted by Gasteiger charge is -2.04. The number of hydrogen-bond acceptors (Lipinski definition) is 4. The molecule has 0 aliphatic heterocycles. The van der Waals surface area contributed by atoms with Crippen molar-refractivity contribution in [1.29, 1.82) is 0 Å². The van der Waals surface area contributed by atoms with E-state index < -0.39 is 0 Å². The van der Waals surface area contributed by atoms with Gasteiger partial charge in [-0.1, -0.05) is 0 Å². The molecule has 0 aromatic heterocycles. The summed E-state index contributed by atoms with van der Waals surface area (Å²) in [4.78, 5) is 0. The number of thioether (sulfide) groups is 2. The summed E-state index contributed by atoms with van der Waals surface area (Å²) in [6.07, 6.45) is 5.53. The molecular weight excluding hydrogens is 360 g/mol. The van der Waals surface area contributed by atoms with Crippen molar-refractivity contribution in [1.82, 2.24) is 10.6 Å². The first-order valence-corrected chi connectivity index (χ1v) is 7.60. The summed E-state index contributed by atoms with van der Waals surface area (Å²) in [6, 6.07) is 0. The zero-order chi connectivity index (χ0) is 9.78. The summed E-state index contributed by atoms with van der Waals surface area (Å²) in [7, 11) is 0. The Morgan fingerprint density at radius 2 is 1.13 bits per heavy atom. The van der Waals surface area contributed by atoms with Gasteiger partial charge in [0.15, 0.2) is 0 Å². The molecule has 0 aliphatic carbocycles. The summed E-state index contributed by atoms with van der Waals surface area (Å²) in [5.41, 5.74) is 0. The normalized spacial score (nSPS) is 9.20. The Bertz CT molecular complexity index is 90.2. The van der Waals surface area contributed by atoms with E-state index in [4.69, 9.17) is 0 Å². The van der Waals surface area contributed by atoms with Crippen molar-refractivity contribution in [2.24, 2.45) is 0 Å². The van der Waals surface area contributed by atoms with Gasteiger partial charge in [-0.3, -0.25) is 0 Å². The van der Waals surface area contributed by atoms with Crippen molar-refractivity contribution in [3.63, 3.8) is 0 Å². The van der Waals surface area contributed by atoms with Gasteiger partial charge < -0.3 is 10.6 Å². The molecule has 0 aliphatic rings. The van der Waals surface area contributed by atoms with Gasteiger partial charge in [-0.05, 0) is 32.0 Å². The molecule has 2 N–H and O–H groups in total. The second-order valence-corrected chi connectivity index (χ2v) is 4.81. The Labute approximate surface area is 124 Å². The van der Waals surface area contributed by atoms with E-state index in [-0.39, 0.29) is 34.0 Å². The molecule has 0 unspecified atom stereocenters. The van der Waals surface area contributed by atoms with Gasteiger partial charge in [0.25, 0.3) is 0 Å². The lowest BCUT2D eigenvalue weighted by Crippen LogP contribution is -2.24. The predicted molar refractivity (Wildman–Crippen MR) is 87.8 cm³/mol. The van der Waals surface area contributed by atoms with Gasteiger partial charge in [0.05, 0.1) is 0 Å². The van der Waals surface area contributed by atoms with Crippen LogP contribution >= 0.6 is 57.5 Å². The Morgan fingerprint density at radius 3 is 1.47 bits per heavy atom. The molecule has 96 valence electrons. The standard InChI is InChI=1S/C9H22N2S2.2BrH/c1-12-8-6-10-4-3-5-11-7-9-13-2;;/h10-11H,3-9H2,1-2H3;2*1H. The molecule has 0 radical (unpaired) electrons. The fourth-order valence-electron chi connectivity index (χ4n) is 0.937. The van der Waals surface area contributed by atoms with Crippen molar-refractivity contribution >= 4 is 57.5 Å². The van der Waals surface area contributed by atoms with Crippen LogP contribution in [-0.4, -0.2) is 50.2 Å². The highest BCUT2D eigenvalue weighted by molar-refractivity contribution is 8.93. The first-order valence-electron chi connectivity index (χ1n) is 4.81. The molecule has 0 saturated carbocycles. The van der Waals surface area contributed by atoms with E-state index in [0.29, 0.717) is 0 Å². The lowest BCUT2D eigenvalue weighted by atomic mass is 10.4. The van der Waals surface area contributed by atoms with E-state index in [1.165, 1.54) is 17.9 Å². The van der Waals surface area contributed by atoms with Gasteiger partial charge in [-0.15, -0.1) is 34.0 Å². The largest absolute Gasteiger partial charge is 0.316 e. The van der Waals surface area contributed by atoms with Crippen molar-refractivity contribution in [2.75, 3.05) is 50.2 Å². The second-order valence-electron chi connectivity index (χ2n) is 2.84. The zero-order valence-corrected chi connectivity index (χ0v) is 14.6. The Kier molecular flexibility index (Phi) is 30.4. The maximum Gasteiger partial charge on any atom is 0.00553 e. The van der Waals surface area contributed by atoms with Crippen LogP contribution in [0.2, 0.25) is 0 Å². The molecule has 0 bridgehead atoms. The molecule has 2 nitrogen and oxygen atoms in total. The molecule has 0 saturated heterocycles. The molecular formula is C9H24Br2N2S2. The Balaban J connectivity index is -0.000000720. The topological polar surface area (TPSA) is 24.1 Å². The third-order valence-corrected chi connectivity index (χ3v) is 2.90. The SMILES string of the molecule is Br.Br.CSCCNCCCNCCSC. The molecule has 0 spiro atoms. The predicted octanol–water partition coefficient (Wildman–Crippen LogP) is 2.44. The van der Waals surface area contributed by atoms with Gasteiger partial charge in [-0.2, -0.15) is 23.5 Å². The highest BCUT2D eigenvalue weighted by Gasteiger charge is 1.88. The third-order valence-electron chi connectivity index (χ3n) is 1.67. The summed E-state index contributed by atoms with van der Waals surface area (Å²) < 4.78 is 0. The number of hydrogen-bond donors (Lipinski definition) is 2. The van der Waals surface area contributed by atoms with Gasteiger partial charge in [0.1, 0.15) is 0 Å². The number of rotatable bonds is 10. The summed E-state index contributed by atoms with van der Waals surface area (Å²) >= 11 is 3.79. The van der Waals surface area contributed by atoms with Crippen LogP contribution in [0.3, 0.4) is 0 Å². The van der Waals surface area contributed by atoms with Crippen LogP contribution in [0.25, 0.3) is 0 Å².